The Kier molecular flexibility index (Phi) is 3.06. The number of carbonyl (C=O) groups excluding carboxylic acids is 4. The molecule has 23 heavy (non-hydrogen) atoms. The molecule has 4 amide bonds. The highest BCUT2D eigenvalue weighted by atomic mass is 16.5. The fraction of sp³-hybridized carbons (Fsp3) is 0.143. The topological polar surface area (TPSA) is 125 Å². The van der Waals surface area contributed by atoms with Gasteiger partial charge in [-0.15, -0.1) is 0 Å². The number of carbonyl (C=O) groups is 4. The van der Waals surface area contributed by atoms with Gasteiger partial charge in [0.15, 0.2) is 5.76 Å². The van der Waals surface area contributed by atoms with Crippen molar-refractivity contribution in [3.8, 4) is 0 Å². The summed E-state index contributed by atoms with van der Waals surface area (Å²) in [5.74, 6) is -4.04. The molecule has 1 aromatic rings. The monoisotopic (exact) mass is 317 g/mol. The number of anilines is 1. The van der Waals surface area contributed by atoms with Crippen LogP contribution in [0, 0.1) is 0 Å². The van der Waals surface area contributed by atoms with Gasteiger partial charge in [0.25, 0.3) is 11.8 Å². The maximum atomic E-state index is 12.4. The highest BCUT2D eigenvalue weighted by Gasteiger charge is 2.65. The lowest BCUT2D eigenvalue weighted by Crippen LogP contribution is -2.62. The number of benzene rings is 1. The number of esters is 1. The first-order valence-electron chi connectivity index (χ1n) is 6.48. The Hall–Kier alpha value is -3.36. The molecule has 1 aromatic carbocycles. The van der Waals surface area contributed by atoms with E-state index >= 15 is 0 Å². The van der Waals surface area contributed by atoms with Gasteiger partial charge in [0.2, 0.25) is 5.66 Å². The van der Waals surface area contributed by atoms with E-state index in [0.29, 0.717) is 0 Å². The lowest BCUT2D eigenvalue weighted by atomic mass is 9.99. The number of hydrogen-bond donors (Lipinski definition) is 3. The number of aliphatic hydroxyl groups excluding tert-OH is 1. The normalized spacial score (nSPS) is 23.3. The summed E-state index contributed by atoms with van der Waals surface area (Å²) in [7, 11) is 1.03. The molecule has 0 bridgehead atoms. The maximum absolute atomic E-state index is 12.4. The van der Waals surface area contributed by atoms with Crippen molar-refractivity contribution < 1.29 is 29.0 Å². The van der Waals surface area contributed by atoms with Crippen molar-refractivity contribution in [1.29, 1.82) is 0 Å². The Labute approximate surface area is 129 Å². The van der Waals surface area contributed by atoms with E-state index in [9.17, 15) is 24.3 Å². The Balaban J connectivity index is 2.26. The lowest BCUT2D eigenvalue weighted by molar-refractivity contribution is -0.138. The van der Waals surface area contributed by atoms with Crippen LogP contribution in [-0.2, 0) is 19.1 Å². The van der Waals surface area contributed by atoms with Gasteiger partial charge in [-0.2, -0.15) is 0 Å². The van der Waals surface area contributed by atoms with Gasteiger partial charge in [-0.3, -0.25) is 19.8 Å². The second-order valence-corrected chi connectivity index (χ2v) is 4.81. The molecule has 1 spiro atoms. The third-order valence-corrected chi connectivity index (χ3v) is 3.59. The first-order chi connectivity index (χ1) is 10.9. The van der Waals surface area contributed by atoms with Gasteiger partial charge in [-0.1, -0.05) is 18.2 Å². The van der Waals surface area contributed by atoms with Gasteiger partial charge >= 0.3 is 12.0 Å². The molecule has 3 N–H and O–H groups in total. The molecule has 2 aliphatic rings. The van der Waals surface area contributed by atoms with Crippen LogP contribution in [0.5, 0.6) is 0 Å². The molecule has 118 valence electrons. The summed E-state index contributed by atoms with van der Waals surface area (Å²) in [4.78, 5) is 49.3. The predicted molar refractivity (Wildman–Crippen MR) is 75.0 cm³/mol. The van der Waals surface area contributed by atoms with E-state index in [1.54, 1.807) is 18.2 Å². The fourth-order valence-corrected chi connectivity index (χ4v) is 2.66. The van der Waals surface area contributed by atoms with Crippen molar-refractivity contribution in [3.05, 3.63) is 41.7 Å². The summed E-state index contributed by atoms with van der Waals surface area (Å²) in [5, 5.41) is 14.3. The van der Waals surface area contributed by atoms with Gasteiger partial charge in [-0.25, -0.2) is 9.59 Å². The molecular formula is C14H11N3O6. The highest BCUT2D eigenvalue weighted by Crippen LogP contribution is 2.39. The van der Waals surface area contributed by atoms with Crippen LogP contribution in [-0.4, -0.2) is 41.7 Å². The summed E-state index contributed by atoms with van der Waals surface area (Å²) in [5.41, 5.74) is -2.62. The molecule has 0 aliphatic carbocycles. The van der Waals surface area contributed by atoms with E-state index in [0.717, 1.165) is 12.0 Å². The van der Waals surface area contributed by atoms with Crippen LogP contribution in [0.3, 0.4) is 0 Å². The van der Waals surface area contributed by atoms with E-state index in [4.69, 9.17) is 0 Å². The molecule has 2 heterocycles. The number of urea groups is 1. The minimum atomic E-state index is -2.19. The molecular weight excluding hydrogens is 306 g/mol. The average Bonchev–Trinajstić information content (AvgIpc) is 2.94. The molecule has 1 saturated heterocycles. The smallest absolute Gasteiger partial charge is 0.342 e. The number of aliphatic hydroxyl groups is 1. The predicted octanol–water partition coefficient (Wildman–Crippen LogP) is -0.446. The van der Waals surface area contributed by atoms with Crippen LogP contribution in [0.15, 0.2) is 41.7 Å². The second kappa shape index (κ2) is 4.83. The number of amides is 4. The van der Waals surface area contributed by atoms with E-state index in [-0.39, 0.29) is 5.69 Å². The van der Waals surface area contributed by atoms with Crippen molar-refractivity contribution in [2.24, 2.45) is 0 Å². The molecule has 9 heteroatoms. The molecule has 0 radical (unpaired) electrons. The van der Waals surface area contributed by atoms with Gasteiger partial charge in [0.05, 0.1) is 7.11 Å². The summed E-state index contributed by atoms with van der Waals surface area (Å²) in [6.45, 7) is 0. The standard InChI is InChI=1S/C14H11N3O6/c1-23-11(20)8-9(18)10(19)17(7-5-3-2-4-6-7)14(8)12(21)15-13(22)16-14/h2-6,18H,1H3,(H2,15,16,21,22). The van der Waals surface area contributed by atoms with Crippen LogP contribution in [0.4, 0.5) is 10.5 Å². The zero-order chi connectivity index (χ0) is 16.8. The fourth-order valence-electron chi connectivity index (χ4n) is 2.66. The summed E-state index contributed by atoms with van der Waals surface area (Å²) in [6, 6.07) is 6.95. The zero-order valence-electron chi connectivity index (χ0n) is 11.8. The van der Waals surface area contributed by atoms with E-state index in [1.165, 1.54) is 12.1 Å². The van der Waals surface area contributed by atoms with E-state index in [1.807, 2.05) is 5.32 Å². The molecule has 1 atom stereocenters. The van der Waals surface area contributed by atoms with Gasteiger partial charge in [-0.05, 0) is 12.1 Å². The highest BCUT2D eigenvalue weighted by molar-refractivity contribution is 6.27. The minimum absolute atomic E-state index is 0.209. The van der Waals surface area contributed by atoms with E-state index in [2.05, 4.69) is 10.1 Å². The maximum Gasteiger partial charge on any atom is 0.342 e. The second-order valence-electron chi connectivity index (χ2n) is 4.81. The number of rotatable bonds is 2. The summed E-state index contributed by atoms with van der Waals surface area (Å²) >= 11 is 0. The first kappa shape index (κ1) is 14.6. The zero-order valence-corrected chi connectivity index (χ0v) is 11.8. The van der Waals surface area contributed by atoms with Crippen molar-refractivity contribution in [1.82, 2.24) is 10.6 Å². The molecule has 0 saturated carbocycles. The van der Waals surface area contributed by atoms with Crippen molar-refractivity contribution in [2.75, 3.05) is 12.0 Å². The van der Waals surface area contributed by atoms with Crippen LogP contribution in [0.2, 0.25) is 0 Å². The van der Waals surface area contributed by atoms with Gasteiger partial charge in [0.1, 0.15) is 5.57 Å². The minimum Gasteiger partial charge on any atom is -0.503 e. The Bertz CT molecular complexity index is 772. The van der Waals surface area contributed by atoms with Crippen LogP contribution in [0.1, 0.15) is 0 Å². The molecule has 1 unspecified atom stereocenters. The quantitative estimate of drug-likeness (QED) is 0.501. The van der Waals surface area contributed by atoms with Crippen molar-refractivity contribution in [3.63, 3.8) is 0 Å². The SMILES string of the molecule is COC(=O)C1=C(O)C(=O)N(c2ccccc2)C12NC(=O)NC2=O. The Morgan fingerprint density at radius 1 is 1.22 bits per heavy atom. The van der Waals surface area contributed by atoms with E-state index < -0.39 is 40.8 Å². The van der Waals surface area contributed by atoms with Crippen LogP contribution in [0.25, 0.3) is 0 Å². The molecule has 2 aliphatic heterocycles. The van der Waals surface area contributed by atoms with Crippen LogP contribution < -0.4 is 15.5 Å². The number of nitrogens with one attached hydrogen (secondary N) is 2. The number of nitrogens with zero attached hydrogens (tertiary/aromatic N) is 1. The van der Waals surface area contributed by atoms with Crippen molar-refractivity contribution in [2.45, 2.75) is 5.66 Å². The molecule has 9 nitrogen and oxygen atoms in total. The number of para-hydroxylation sites is 1. The lowest BCUT2D eigenvalue weighted by Gasteiger charge is -2.32. The molecule has 3 rings (SSSR count). The Morgan fingerprint density at radius 3 is 2.39 bits per heavy atom. The molecule has 0 aromatic heterocycles. The average molecular weight is 317 g/mol. The number of methoxy groups -OCH3 is 1. The van der Waals surface area contributed by atoms with Gasteiger partial charge < -0.3 is 15.2 Å². The third kappa shape index (κ3) is 1.79. The first-order valence-corrected chi connectivity index (χ1v) is 6.48. The third-order valence-electron chi connectivity index (χ3n) is 3.59. The number of hydrogen-bond acceptors (Lipinski definition) is 6. The Morgan fingerprint density at radius 2 is 1.87 bits per heavy atom. The summed E-state index contributed by atoms with van der Waals surface area (Å²) in [6.07, 6.45) is 0. The molecule has 1 fully saturated rings. The van der Waals surface area contributed by atoms with Crippen molar-refractivity contribution >= 4 is 29.5 Å². The number of imide groups is 1. The van der Waals surface area contributed by atoms with Gasteiger partial charge in [0, 0.05) is 5.69 Å². The largest absolute Gasteiger partial charge is 0.503 e. The van der Waals surface area contributed by atoms with Crippen LogP contribution >= 0.6 is 0 Å². The number of ether oxygens (including phenoxy) is 1. The summed E-state index contributed by atoms with van der Waals surface area (Å²) < 4.78 is 4.54.